The van der Waals surface area contributed by atoms with Crippen molar-refractivity contribution in [3.63, 3.8) is 0 Å². The number of carbonyl (C=O) groups is 2. The quantitative estimate of drug-likeness (QED) is 0.824. The van der Waals surface area contributed by atoms with Crippen LogP contribution in [0.5, 0.6) is 11.5 Å². The zero-order chi connectivity index (χ0) is 14.4. The van der Waals surface area contributed by atoms with Crippen LogP contribution in [0.2, 0.25) is 0 Å². The van der Waals surface area contributed by atoms with Crippen LogP contribution in [0.3, 0.4) is 0 Å². The van der Waals surface area contributed by atoms with Crippen LogP contribution in [-0.4, -0.2) is 49.7 Å². The number of hydrogen-bond donors (Lipinski definition) is 1. The van der Waals surface area contributed by atoms with Gasteiger partial charge in [-0.1, -0.05) is 6.07 Å². The summed E-state index contributed by atoms with van der Waals surface area (Å²) >= 11 is 0. The fraction of sp³-hybridized carbons (Fsp3) is 0.385. The van der Waals surface area contributed by atoms with Gasteiger partial charge in [0.1, 0.15) is 6.54 Å². The van der Waals surface area contributed by atoms with Gasteiger partial charge in [0, 0.05) is 7.05 Å². The van der Waals surface area contributed by atoms with Crippen molar-refractivity contribution in [1.82, 2.24) is 4.90 Å². The molecule has 1 aromatic rings. The fourth-order valence-corrected chi connectivity index (χ4v) is 1.59. The molecule has 0 spiro atoms. The van der Waals surface area contributed by atoms with Gasteiger partial charge in [-0.25, -0.2) is 0 Å². The maximum Gasteiger partial charge on any atom is 0.323 e. The minimum absolute atomic E-state index is 0.115. The molecular formula is C13H17NO5. The lowest BCUT2D eigenvalue weighted by Crippen LogP contribution is -2.33. The molecule has 0 radical (unpaired) electrons. The molecule has 6 nitrogen and oxygen atoms in total. The molecule has 0 unspecified atom stereocenters. The number of methoxy groups -OCH3 is 2. The molecule has 0 saturated carbocycles. The van der Waals surface area contributed by atoms with Crippen molar-refractivity contribution in [3.8, 4) is 11.5 Å². The SMILES string of the molecule is COc1ccc(CC(=O)N(C)CC(=O)O)cc1OC. The zero-order valence-corrected chi connectivity index (χ0v) is 11.2. The molecule has 0 aliphatic carbocycles. The summed E-state index contributed by atoms with van der Waals surface area (Å²) in [6.45, 7) is -0.313. The van der Waals surface area contributed by atoms with E-state index in [1.807, 2.05) is 0 Å². The van der Waals surface area contributed by atoms with E-state index >= 15 is 0 Å². The van der Waals surface area contributed by atoms with Crippen LogP contribution in [0.15, 0.2) is 18.2 Å². The predicted octanol–water partition coefficient (Wildman–Crippen LogP) is 0.789. The number of carbonyl (C=O) groups excluding carboxylic acids is 1. The lowest BCUT2D eigenvalue weighted by molar-refractivity contribution is -0.143. The Hall–Kier alpha value is -2.24. The highest BCUT2D eigenvalue weighted by Crippen LogP contribution is 2.27. The van der Waals surface area contributed by atoms with Crippen molar-refractivity contribution in [2.24, 2.45) is 0 Å². The predicted molar refractivity (Wildman–Crippen MR) is 68.5 cm³/mol. The highest BCUT2D eigenvalue weighted by atomic mass is 16.5. The molecule has 1 rings (SSSR count). The molecule has 19 heavy (non-hydrogen) atoms. The number of carboxylic acids is 1. The Morgan fingerprint density at radius 3 is 2.37 bits per heavy atom. The van der Waals surface area contributed by atoms with Gasteiger partial charge in [0.15, 0.2) is 11.5 Å². The van der Waals surface area contributed by atoms with Gasteiger partial charge in [-0.05, 0) is 17.7 Å². The van der Waals surface area contributed by atoms with Crippen molar-refractivity contribution in [2.45, 2.75) is 6.42 Å². The second kappa shape index (κ2) is 6.63. The normalized spacial score (nSPS) is 9.84. The van der Waals surface area contributed by atoms with E-state index in [0.717, 1.165) is 5.56 Å². The van der Waals surface area contributed by atoms with E-state index in [-0.39, 0.29) is 18.9 Å². The molecule has 1 amide bonds. The van der Waals surface area contributed by atoms with Crippen LogP contribution in [0.4, 0.5) is 0 Å². The number of ether oxygens (including phenoxy) is 2. The third-order valence-corrected chi connectivity index (χ3v) is 2.60. The standard InChI is InChI=1S/C13H17NO5/c1-14(8-13(16)17)12(15)7-9-4-5-10(18-2)11(6-9)19-3/h4-6H,7-8H2,1-3H3,(H,16,17). The van der Waals surface area contributed by atoms with E-state index < -0.39 is 5.97 Å². The van der Waals surface area contributed by atoms with Crippen LogP contribution >= 0.6 is 0 Å². The molecule has 0 aliphatic rings. The van der Waals surface area contributed by atoms with Gasteiger partial charge >= 0.3 is 5.97 Å². The summed E-state index contributed by atoms with van der Waals surface area (Å²) in [5.74, 6) is -0.191. The zero-order valence-electron chi connectivity index (χ0n) is 11.2. The monoisotopic (exact) mass is 267 g/mol. The highest BCUT2D eigenvalue weighted by Gasteiger charge is 2.14. The number of benzene rings is 1. The molecule has 0 heterocycles. The lowest BCUT2D eigenvalue weighted by Gasteiger charge is -2.15. The first kappa shape index (κ1) is 14.8. The Bertz CT molecular complexity index is 472. The Morgan fingerprint density at radius 2 is 1.84 bits per heavy atom. The minimum Gasteiger partial charge on any atom is -0.493 e. The maximum atomic E-state index is 11.8. The molecule has 0 aromatic heterocycles. The number of likely N-dealkylation sites (N-methyl/N-ethyl adjacent to an activating group) is 1. The van der Waals surface area contributed by atoms with Gasteiger partial charge in [0.2, 0.25) is 5.91 Å². The van der Waals surface area contributed by atoms with Crippen molar-refractivity contribution in [2.75, 3.05) is 27.8 Å². The molecule has 1 aromatic carbocycles. The minimum atomic E-state index is -1.04. The second-order valence-electron chi connectivity index (χ2n) is 4.01. The average Bonchev–Trinajstić information content (AvgIpc) is 2.37. The van der Waals surface area contributed by atoms with Crippen LogP contribution in [0, 0.1) is 0 Å². The van der Waals surface area contributed by atoms with Crippen LogP contribution in [0.1, 0.15) is 5.56 Å². The van der Waals surface area contributed by atoms with Gasteiger partial charge in [0.05, 0.1) is 20.6 Å². The summed E-state index contributed by atoms with van der Waals surface area (Å²) in [7, 11) is 4.50. The molecule has 0 atom stereocenters. The van der Waals surface area contributed by atoms with Crippen molar-refractivity contribution >= 4 is 11.9 Å². The van der Waals surface area contributed by atoms with E-state index in [0.29, 0.717) is 11.5 Å². The van der Waals surface area contributed by atoms with E-state index in [2.05, 4.69) is 0 Å². The highest BCUT2D eigenvalue weighted by molar-refractivity contribution is 5.82. The smallest absolute Gasteiger partial charge is 0.323 e. The average molecular weight is 267 g/mol. The van der Waals surface area contributed by atoms with E-state index in [9.17, 15) is 9.59 Å². The first-order valence-electron chi connectivity index (χ1n) is 5.64. The molecule has 0 aliphatic heterocycles. The number of carboxylic acid groups (broad SMARTS) is 1. The van der Waals surface area contributed by atoms with Crippen LogP contribution < -0.4 is 9.47 Å². The topological polar surface area (TPSA) is 76.1 Å². The number of hydrogen-bond acceptors (Lipinski definition) is 4. The van der Waals surface area contributed by atoms with Crippen LogP contribution in [-0.2, 0) is 16.0 Å². The summed E-state index contributed by atoms with van der Waals surface area (Å²) in [4.78, 5) is 23.5. The summed E-state index contributed by atoms with van der Waals surface area (Å²) < 4.78 is 10.2. The molecule has 0 fully saturated rings. The van der Waals surface area contributed by atoms with E-state index in [4.69, 9.17) is 14.6 Å². The number of amides is 1. The van der Waals surface area contributed by atoms with Gasteiger partial charge in [0.25, 0.3) is 0 Å². The van der Waals surface area contributed by atoms with E-state index in [1.54, 1.807) is 18.2 Å². The van der Waals surface area contributed by atoms with Gasteiger partial charge in [-0.15, -0.1) is 0 Å². The molecular weight excluding hydrogens is 250 g/mol. The molecule has 104 valence electrons. The second-order valence-corrected chi connectivity index (χ2v) is 4.01. The molecule has 6 heteroatoms. The van der Waals surface area contributed by atoms with Gasteiger partial charge in [-0.2, -0.15) is 0 Å². The lowest BCUT2D eigenvalue weighted by atomic mass is 10.1. The Labute approximate surface area is 111 Å². The summed E-state index contributed by atoms with van der Waals surface area (Å²) in [6.07, 6.45) is 0.115. The third-order valence-electron chi connectivity index (χ3n) is 2.60. The summed E-state index contributed by atoms with van der Waals surface area (Å²) in [5.41, 5.74) is 0.736. The molecule has 0 bridgehead atoms. The number of rotatable bonds is 6. The fourth-order valence-electron chi connectivity index (χ4n) is 1.59. The Balaban J connectivity index is 2.77. The van der Waals surface area contributed by atoms with Gasteiger partial charge in [-0.3, -0.25) is 9.59 Å². The summed E-state index contributed by atoms with van der Waals surface area (Å²) in [6, 6.07) is 5.15. The number of aliphatic carboxylic acids is 1. The van der Waals surface area contributed by atoms with Crippen molar-refractivity contribution in [1.29, 1.82) is 0 Å². The Kier molecular flexibility index (Phi) is 5.17. The van der Waals surface area contributed by atoms with Crippen molar-refractivity contribution < 1.29 is 24.2 Å². The Morgan fingerprint density at radius 1 is 1.21 bits per heavy atom. The van der Waals surface area contributed by atoms with Crippen LogP contribution in [0.25, 0.3) is 0 Å². The van der Waals surface area contributed by atoms with Gasteiger partial charge < -0.3 is 19.5 Å². The third kappa shape index (κ3) is 4.17. The van der Waals surface area contributed by atoms with E-state index in [1.165, 1.54) is 26.2 Å². The molecule has 1 N–H and O–H groups in total. The molecule has 0 saturated heterocycles. The summed E-state index contributed by atoms with van der Waals surface area (Å²) in [5, 5.41) is 8.62. The van der Waals surface area contributed by atoms with Crippen molar-refractivity contribution in [3.05, 3.63) is 23.8 Å². The first-order chi connectivity index (χ1) is 8.97. The largest absolute Gasteiger partial charge is 0.493 e. The maximum absolute atomic E-state index is 11.8. The first-order valence-corrected chi connectivity index (χ1v) is 5.64. The number of nitrogens with zero attached hydrogens (tertiary/aromatic N) is 1.